The van der Waals surface area contributed by atoms with Crippen molar-refractivity contribution in [3.8, 4) is 0 Å². The zero-order valence-corrected chi connectivity index (χ0v) is 8.55. The van der Waals surface area contributed by atoms with E-state index in [-0.39, 0.29) is 12.3 Å². The van der Waals surface area contributed by atoms with Gasteiger partial charge in [0, 0.05) is 18.3 Å². The number of imidazole rings is 1. The highest BCUT2D eigenvalue weighted by molar-refractivity contribution is 5.75. The molecule has 1 aromatic rings. The lowest BCUT2D eigenvalue weighted by atomic mass is 10.2. The summed E-state index contributed by atoms with van der Waals surface area (Å²) < 4.78 is 0. The Morgan fingerprint density at radius 2 is 2.36 bits per heavy atom. The van der Waals surface area contributed by atoms with Crippen LogP contribution in [0.3, 0.4) is 0 Å². The molecule has 4 nitrogen and oxygen atoms in total. The van der Waals surface area contributed by atoms with E-state index in [2.05, 4.69) is 16.9 Å². The molecular weight excluding hydrogens is 178 g/mol. The average molecular weight is 195 g/mol. The van der Waals surface area contributed by atoms with Crippen LogP contribution >= 0.6 is 0 Å². The van der Waals surface area contributed by atoms with Gasteiger partial charge >= 0.3 is 0 Å². The number of rotatable bonds is 6. The molecule has 0 saturated heterocycles. The quantitative estimate of drug-likeness (QED) is 0.669. The molecule has 0 aliphatic heterocycles. The number of aryl methyl sites for hydroxylation is 1. The first-order valence-electron chi connectivity index (χ1n) is 5.03. The minimum Gasteiger partial charge on any atom is -0.369 e. The Balaban J connectivity index is 2.38. The van der Waals surface area contributed by atoms with Gasteiger partial charge in [-0.15, -0.1) is 0 Å². The van der Waals surface area contributed by atoms with Crippen LogP contribution in [0.4, 0.5) is 0 Å². The summed E-state index contributed by atoms with van der Waals surface area (Å²) in [5, 5.41) is 0. The van der Waals surface area contributed by atoms with E-state index in [1.165, 1.54) is 12.8 Å². The van der Waals surface area contributed by atoms with Crippen LogP contribution in [0.1, 0.15) is 37.7 Å². The number of amides is 1. The van der Waals surface area contributed by atoms with Crippen molar-refractivity contribution < 1.29 is 4.79 Å². The van der Waals surface area contributed by atoms with Gasteiger partial charge in [0.25, 0.3) is 0 Å². The first-order chi connectivity index (χ1) is 6.72. The second kappa shape index (κ2) is 5.42. The van der Waals surface area contributed by atoms with E-state index in [9.17, 15) is 4.79 Å². The number of unbranched alkanes of at least 4 members (excludes halogenated alkanes) is 2. The zero-order valence-electron chi connectivity index (χ0n) is 8.55. The van der Waals surface area contributed by atoms with Crippen molar-refractivity contribution in [1.29, 1.82) is 0 Å². The van der Waals surface area contributed by atoms with Gasteiger partial charge in [-0.3, -0.25) is 4.79 Å². The maximum Gasteiger partial charge on any atom is 0.223 e. The molecular formula is C10H17N3O. The number of primary amides is 1. The number of nitrogens with zero attached hydrogens (tertiary/aromatic N) is 1. The number of carbonyl (C=O) groups excluding carboxylic acids is 1. The van der Waals surface area contributed by atoms with Crippen LogP contribution in [0.5, 0.6) is 0 Å². The van der Waals surface area contributed by atoms with Crippen molar-refractivity contribution in [2.75, 3.05) is 0 Å². The minimum atomic E-state index is -0.325. The Morgan fingerprint density at radius 1 is 1.57 bits per heavy atom. The maximum absolute atomic E-state index is 10.6. The van der Waals surface area contributed by atoms with Crippen molar-refractivity contribution in [3.63, 3.8) is 0 Å². The molecule has 1 amide bonds. The molecule has 0 aromatic carbocycles. The van der Waals surface area contributed by atoms with E-state index in [0.29, 0.717) is 0 Å². The highest BCUT2D eigenvalue weighted by atomic mass is 16.1. The number of carbonyl (C=O) groups is 1. The molecule has 3 N–H and O–H groups in total. The molecule has 1 aromatic heterocycles. The Kier molecular flexibility index (Phi) is 4.16. The van der Waals surface area contributed by atoms with Gasteiger partial charge in [0.05, 0.1) is 6.42 Å². The lowest BCUT2D eigenvalue weighted by molar-refractivity contribution is -0.117. The standard InChI is InChI=1S/C10H17N3O/c1-2-3-4-5-10-12-7-8(13-10)6-9(11)14/h7H,2-6H2,1H3,(H2,11,14)(H,12,13). The summed E-state index contributed by atoms with van der Waals surface area (Å²) in [7, 11) is 0. The smallest absolute Gasteiger partial charge is 0.223 e. The molecule has 0 saturated carbocycles. The molecule has 0 fully saturated rings. The molecule has 0 radical (unpaired) electrons. The van der Waals surface area contributed by atoms with Crippen molar-refractivity contribution in [1.82, 2.24) is 9.97 Å². The van der Waals surface area contributed by atoms with Crippen LogP contribution in [0.15, 0.2) is 6.20 Å². The number of nitrogens with two attached hydrogens (primary N) is 1. The van der Waals surface area contributed by atoms with Gasteiger partial charge in [0.15, 0.2) is 0 Å². The first-order valence-corrected chi connectivity index (χ1v) is 5.03. The second-order valence-electron chi connectivity index (χ2n) is 3.46. The summed E-state index contributed by atoms with van der Waals surface area (Å²) in [5.74, 6) is 0.628. The molecule has 0 spiro atoms. The summed E-state index contributed by atoms with van der Waals surface area (Å²) in [4.78, 5) is 17.9. The molecule has 4 heteroatoms. The topological polar surface area (TPSA) is 71.8 Å². The number of aromatic nitrogens is 2. The Morgan fingerprint density at radius 3 is 3.00 bits per heavy atom. The van der Waals surface area contributed by atoms with Gasteiger partial charge in [-0.05, 0) is 6.42 Å². The van der Waals surface area contributed by atoms with Crippen molar-refractivity contribution >= 4 is 5.91 Å². The molecule has 0 atom stereocenters. The summed E-state index contributed by atoms with van der Waals surface area (Å²) in [6.45, 7) is 2.17. The number of aromatic amines is 1. The summed E-state index contributed by atoms with van der Waals surface area (Å²) in [6.07, 6.45) is 6.44. The van der Waals surface area contributed by atoms with E-state index in [1.807, 2.05) is 0 Å². The lowest BCUT2D eigenvalue weighted by Crippen LogP contribution is -2.13. The maximum atomic E-state index is 10.6. The summed E-state index contributed by atoms with van der Waals surface area (Å²) >= 11 is 0. The largest absolute Gasteiger partial charge is 0.369 e. The van der Waals surface area contributed by atoms with Crippen LogP contribution in [0.25, 0.3) is 0 Å². The zero-order chi connectivity index (χ0) is 10.4. The van der Waals surface area contributed by atoms with E-state index < -0.39 is 0 Å². The minimum absolute atomic E-state index is 0.251. The van der Waals surface area contributed by atoms with Crippen molar-refractivity contribution in [2.24, 2.45) is 5.73 Å². The van der Waals surface area contributed by atoms with E-state index in [1.54, 1.807) is 6.20 Å². The van der Waals surface area contributed by atoms with Gasteiger partial charge in [0.2, 0.25) is 5.91 Å². The first kappa shape index (κ1) is 10.8. The fraction of sp³-hybridized carbons (Fsp3) is 0.600. The van der Waals surface area contributed by atoms with Gasteiger partial charge in [0.1, 0.15) is 5.82 Å². The lowest BCUT2D eigenvalue weighted by Gasteiger charge is -1.95. The molecule has 0 aliphatic carbocycles. The summed E-state index contributed by atoms with van der Waals surface area (Å²) in [5.41, 5.74) is 5.88. The van der Waals surface area contributed by atoms with Gasteiger partial charge in [-0.25, -0.2) is 4.98 Å². The number of hydrogen-bond donors (Lipinski definition) is 2. The third-order valence-electron chi connectivity index (χ3n) is 2.06. The molecule has 0 bridgehead atoms. The molecule has 78 valence electrons. The fourth-order valence-electron chi connectivity index (χ4n) is 1.35. The van der Waals surface area contributed by atoms with Crippen LogP contribution in [0.2, 0.25) is 0 Å². The number of hydrogen-bond acceptors (Lipinski definition) is 2. The van der Waals surface area contributed by atoms with Crippen LogP contribution < -0.4 is 5.73 Å². The highest BCUT2D eigenvalue weighted by Crippen LogP contribution is 2.04. The number of H-pyrrole nitrogens is 1. The van der Waals surface area contributed by atoms with Gasteiger partial charge in [-0.1, -0.05) is 19.8 Å². The van der Waals surface area contributed by atoms with E-state index in [0.717, 1.165) is 24.4 Å². The Labute approximate surface area is 83.9 Å². The molecule has 14 heavy (non-hydrogen) atoms. The van der Waals surface area contributed by atoms with Gasteiger partial charge < -0.3 is 10.7 Å². The predicted molar refractivity (Wildman–Crippen MR) is 54.7 cm³/mol. The van der Waals surface area contributed by atoms with Crippen LogP contribution in [-0.2, 0) is 17.6 Å². The molecule has 0 aliphatic rings. The van der Waals surface area contributed by atoms with Crippen LogP contribution in [-0.4, -0.2) is 15.9 Å². The predicted octanol–water partition coefficient (Wildman–Crippen LogP) is 1.17. The second-order valence-corrected chi connectivity index (χ2v) is 3.46. The molecule has 1 rings (SSSR count). The van der Waals surface area contributed by atoms with Crippen molar-refractivity contribution in [2.45, 2.75) is 39.0 Å². The molecule has 1 heterocycles. The fourth-order valence-corrected chi connectivity index (χ4v) is 1.35. The monoisotopic (exact) mass is 195 g/mol. The van der Waals surface area contributed by atoms with Gasteiger partial charge in [-0.2, -0.15) is 0 Å². The normalized spacial score (nSPS) is 10.4. The SMILES string of the molecule is CCCCCc1ncc(CC(N)=O)[nH]1. The Hall–Kier alpha value is -1.32. The third-order valence-corrected chi connectivity index (χ3v) is 2.06. The highest BCUT2D eigenvalue weighted by Gasteiger charge is 2.02. The van der Waals surface area contributed by atoms with Crippen LogP contribution in [0, 0.1) is 0 Å². The number of nitrogens with one attached hydrogen (secondary N) is 1. The Bertz CT molecular complexity index is 293. The van der Waals surface area contributed by atoms with E-state index in [4.69, 9.17) is 5.73 Å². The third kappa shape index (κ3) is 3.60. The van der Waals surface area contributed by atoms with E-state index >= 15 is 0 Å². The molecule has 0 unspecified atom stereocenters. The summed E-state index contributed by atoms with van der Waals surface area (Å²) in [6, 6.07) is 0. The average Bonchev–Trinajstić information content (AvgIpc) is 2.52. The van der Waals surface area contributed by atoms with Crippen molar-refractivity contribution in [3.05, 3.63) is 17.7 Å².